The van der Waals surface area contributed by atoms with Gasteiger partial charge in [0.15, 0.2) is 5.60 Å². The van der Waals surface area contributed by atoms with Crippen LogP contribution >= 0.6 is 0 Å². The van der Waals surface area contributed by atoms with Crippen LogP contribution in [-0.2, 0) is 10.4 Å². The summed E-state index contributed by atoms with van der Waals surface area (Å²) >= 11 is 0. The average molecular weight is 167 g/mol. The van der Waals surface area contributed by atoms with Gasteiger partial charge in [0.2, 0.25) is 0 Å². The van der Waals surface area contributed by atoms with E-state index in [-0.39, 0.29) is 5.56 Å². The Balaban J connectivity index is 3.06. The van der Waals surface area contributed by atoms with Gasteiger partial charge in [-0.15, -0.1) is 0 Å². The van der Waals surface area contributed by atoms with Crippen LogP contribution in [0.15, 0.2) is 24.5 Å². The van der Waals surface area contributed by atoms with Gasteiger partial charge < -0.3 is 10.2 Å². The highest BCUT2D eigenvalue weighted by Crippen LogP contribution is 2.18. The van der Waals surface area contributed by atoms with Crippen LogP contribution < -0.4 is 0 Å². The third-order valence-electron chi connectivity index (χ3n) is 1.64. The fraction of sp³-hybridized carbons (Fsp3) is 0.250. The number of rotatable bonds is 2. The summed E-state index contributed by atoms with van der Waals surface area (Å²) in [4.78, 5) is 14.3. The second-order valence-electron chi connectivity index (χ2n) is 2.62. The molecule has 0 radical (unpaired) electrons. The molecule has 1 heterocycles. The van der Waals surface area contributed by atoms with Gasteiger partial charge in [0, 0.05) is 18.0 Å². The first kappa shape index (κ1) is 8.67. The minimum atomic E-state index is -1.85. The van der Waals surface area contributed by atoms with E-state index >= 15 is 0 Å². The maximum atomic E-state index is 10.5. The van der Waals surface area contributed by atoms with Gasteiger partial charge in [-0.2, -0.15) is 0 Å². The number of aliphatic hydroxyl groups is 1. The maximum Gasteiger partial charge on any atom is 0.340 e. The summed E-state index contributed by atoms with van der Waals surface area (Å²) in [6.07, 6.45) is 2.84. The molecular weight excluding hydrogens is 158 g/mol. The zero-order valence-electron chi connectivity index (χ0n) is 6.56. The highest BCUT2D eigenvalue weighted by Gasteiger charge is 2.31. The molecule has 0 aromatic carbocycles. The number of nitrogens with zero attached hydrogens (tertiary/aromatic N) is 1. The zero-order chi connectivity index (χ0) is 9.19. The van der Waals surface area contributed by atoms with Crippen LogP contribution in [0, 0.1) is 0 Å². The first-order chi connectivity index (χ1) is 5.55. The third-order valence-corrected chi connectivity index (χ3v) is 1.64. The number of aliphatic carboxylic acids is 1. The number of carbonyl (C=O) groups is 1. The SMILES string of the molecule is CC(O)(C(=O)O)c1cccnc1. The van der Waals surface area contributed by atoms with Crippen molar-refractivity contribution in [3.8, 4) is 0 Å². The molecule has 1 unspecified atom stereocenters. The molecule has 64 valence electrons. The molecule has 12 heavy (non-hydrogen) atoms. The number of carboxylic acids is 1. The van der Waals surface area contributed by atoms with E-state index in [9.17, 15) is 9.90 Å². The van der Waals surface area contributed by atoms with Crippen LogP contribution in [0.3, 0.4) is 0 Å². The minimum Gasteiger partial charge on any atom is -0.479 e. The second-order valence-corrected chi connectivity index (χ2v) is 2.62. The molecule has 0 saturated heterocycles. The summed E-state index contributed by atoms with van der Waals surface area (Å²) in [5, 5.41) is 18.0. The van der Waals surface area contributed by atoms with E-state index in [1.807, 2.05) is 0 Å². The summed E-state index contributed by atoms with van der Waals surface area (Å²) in [6.45, 7) is 1.21. The average Bonchev–Trinajstić information content (AvgIpc) is 2.06. The standard InChI is InChI=1S/C8H9NO3/c1-8(12,7(10)11)6-3-2-4-9-5-6/h2-5,12H,1H3,(H,10,11). The second kappa shape index (κ2) is 2.91. The summed E-state index contributed by atoms with van der Waals surface area (Å²) < 4.78 is 0. The predicted octanol–water partition coefficient (Wildman–Crippen LogP) is 0.374. The lowest BCUT2D eigenvalue weighted by atomic mass is 9.98. The lowest BCUT2D eigenvalue weighted by Crippen LogP contribution is -2.31. The van der Waals surface area contributed by atoms with E-state index in [1.54, 1.807) is 6.07 Å². The Morgan fingerprint density at radius 3 is 2.75 bits per heavy atom. The van der Waals surface area contributed by atoms with Gasteiger partial charge >= 0.3 is 5.97 Å². The van der Waals surface area contributed by atoms with Crippen molar-refractivity contribution >= 4 is 5.97 Å². The monoisotopic (exact) mass is 167 g/mol. The largest absolute Gasteiger partial charge is 0.479 e. The van der Waals surface area contributed by atoms with Crippen molar-refractivity contribution in [1.82, 2.24) is 4.98 Å². The Hall–Kier alpha value is -1.42. The Morgan fingerprint density at radius 2 is 2.33 bits per heavy atom. The van der Waals surface area contributed by atoms with Gasteiger partial charge in [0.1, 0.15) is 0 Å². The Labute approximate surface area is 69.5 Å². The maximum absolute atomic E-state index is 10.5. The van der Waals surface area contributed by atoms with Crippen LogP contribution in [0.4, 0.5) is 0 Å². The lowest BCUT2D eigenvalue weighted by molar-refractivity contribution is -0.157. The first-order valence-electron chi connectivity index (χ1n) is 3.41. The molecule has 1 atom stereocenters. The van der Waals surface area contributed by atoms with Crippen molar-refractivity contribution in [3.63, 3.8) is 0 Å². The Kier molecular flexibility index (Phi) is 2.10. The molecule has 0 fully saturated rings. The molecule has 2 N–H and O–H groups in total. The molecule has 1 rings (SSSR count). The number of pyridine rings is 1. The van der Waals surface area contributed by atoms with Crippen molar-refractivity contribution in [1.29, 1.82) is 0 Å². The van der Waals surface area contributed by atoms with Gasteiger partial charge in [-0.05, 0) is 13.0 Å². The van der Waals surface area contributed by atoms with Crippen LogP contribution in [-0.4, -0.2) is 21.2 Å². The van der Waals surface area contributed by atoms with Gasteiger partial charge in [0.05, 0.1) is 0 Å². The lowest BCUT2D eigenvalue weighted by Gasteiger charge is -2.16. The number of hydrogen-bond acceptors (Lipinski definition) is 3. The highest BCUT2D eigenvalue weighted by atomic mass is 16.4. The molecule has 4 nitrogen and oxygen atoms in total. The topological polar surface area (TPSA) is 70.4 Å². The number of carboxylic acid groups (broad SMARTS) is 1. The molecule has 0 aliphatic rings. The van der Waals surface area contributed by atoms with Gasteiger partial charge in [-0.25, -0.2) is 4.79 Å². The van der Waals surface area contributed by atoms with Crippen molar-refractivity contribution in [2.75, 3.05) is 0 Å². The van der Waals surface area contributed by atoms with Crippen molar-refractivity contribution in [2.24, 2.45) is 0 Å². The first-order valence-corrected chi connectivity index (χ1v) is 3.41. The quantitative estimate of drug-likeness (QED) is 0.667. The van der Waals surface area contributed by atoms with E-state index in [4.69, 9.17) is 5.11 Å². The normalized spacial score (nSPS) is 15.2. The molecular formula is C8H9NO3. The summed E-state index contributed by atoms with van der Waals surface area (Å²) in [5.41, 5.74) is -1.58. The predicted molar refractivity (Wildman–Crippen MR) is 41.4 cm³/mol. The number of aromatic nitrogens is 1. The minimum absolute atomic E-state index is 0.275. The Bertz CT molecular complexity index is 282. The van der Waals surface area contributed by atoms with Crippen molar-refractivity contribution in [2.45, 2.75) is 12.5 Å². The third kappa shape index (κ3) is 1.43. The summed E-state index contributed by atoms with van der Waals surface area (Å²) in [7, 11) is 0. The number of hydrogen-bond donors (Lipinski definition) is 2. The highest BCUT2D eigenvalue weighted by molar-refractivity contribution is 5.78. The Morgan fingerprint density at radius 1 is 1.67 bits per heavy atom. The van der Waals surface area contributed by atoms with Crippen LogP contribution in [0.5, 0.6) is 0 Å². The van der Waals surface area contributed by atoms with Crippen molar-refractivity contribution < 1.29 is 15.0 Å². The molecule has 0 bridgehead atoms. The van der Waals surface area contributed by atoms with Gasteiger partial charge in [-0.3, -0.25) is 4.98 Å². The smallest absolute Gasteiger partial charge is 0.340 e. The molecule has 0 spiro atoms. The van der Waals surface area contributed by atoms with Crippen molar-refractivity contribution in [3.05, 3.63) is 30.1 Å². The van der Waals surface area contributed by atoms with E-state index < -0.39 is 11.6 Å². The molecule has 0 aliphatic carbocycles. The molecule has 1 aromatic heterocycles. The van der Waals surface area contributed by atoms with E-state index in [0.29, 0.717) is 0 Å². The molecule has 0 saturated carbocycles. The van der Waals surface area contributed by atoms with Gasteiger partial charge in [0.25, 0.3) is 0 Å². The summed E-state index contributed by atoms with van der Waals surface area (Å²) in [5.74, 6) is -1.28. The molecule has 1 aromatic rings. The molecule has 4 heteroatoms. The summed E-state index contributed by atoms with van der Waals surface area (Å²) in [6, 6.07) is 3.09. The van der Waals surface area contributed by atoms with Gasteiger partial charge in [-0.1, -0.05) is 6.07 Å². The van der Waals surface area contributed by atoms with E-state index in [1.165, 1.54) is 25.4 Å². The van der Waals surface area contributed by atoms with Crippen LogP contribution in [0.1, 0.15) is 12.5 Å². The van der Waals surface area contributed by atoms with E-state index in [0.717, 1.165) is 0 Å². The van der Waals surface area contributed by atoms with Crippen LogP contribution in [0.2, 0.25) is 0 Å². The molecule has 0 aliphatic heterocycles. The fourth-order valence-corrected chi connectivity index (χ4v) is 0.774. The fourth-order valence-electron chi connectivity index (χ4n) is 0.774. The molecule has 0 amide bonds. The van der Waals surface area contributed by atoms with E-state index in [2.05, 4.69) is 4.98 Å². The van der Waals surface area contributed by atoms with Crippen LogP contribution in [0.25, 0.3) is 0 Å². The zero-order valence-corrected chi connectivity index (χ0v) is 6.56.